The highest BCUT2D eigenvalue weighted by atomic mass is 16.1. The molecule has 1 atom stereocenters. The van der Waals surface area contributed by atoms with E-state index in [1.807, 2.05) is 0 Å². The Hall–Kier alpha value is -0.570. The standard InChI is InChI=1S/C11H22N2O/c1-9(2)7-13-6-4-5-10(8-13)11(14)12-3/h9-10H,4-8H2,1-3H3,(H,12,14)/t10-/m1/s1. The van der Waals surface area contributed by atoms with Crippen molar-refractivity contribution < 1.29 is 4.79 Å². The summed E-state index contributed by atoms with van der Waals surface area (Å²) >= 11 is 0. The highest BCUT2D eigenvalue weighted by Gasteiger charge is 2.24. The predicted molar refractivity (Wildman–Crippen MR) is 58.1 cm³/mol. The molecule has 0 aliphatic carbocycles. The summed E-state index contributed by atoms with van der Waals surface area (Å²) in [6, 6.07) is 0. The Morgan fingerprint density at radius 2 is 2.29 bits per heavy atom. The Balaban J connectivity index is 2.39. The minimum Gasteiger partial charge on any atom is -0.359 e. The topological polar surface area (TPSA) is 32.3 Å². The van der Waals surface area contributed by atoms with Gasteiger partial charge in [-0.15, -0.1) is 0 Å². The van der Waals surface area contributed by atoms with Crippen molar-refractivity contribution in [2.75, 3.05) is 26.7 Å². The third-order valence-electron chi connectivity index (χ3n) is 2.75. The molecule has 3 heteroatoms. The van der Waals surface area contributed by atoms with Gasteiger partial charge in [0.05, 0.1) is 5.92 Å². The summed E-state index contributed by atoms with van der Waals surface area (Å²) in [7, 11) is 1.73. The van der Waals surface area contributed by atoms with Gasteiger partial charge in [0.1, 0.15) is 0 Å². The van der Waals surface area contributed by atoms with Crippen LogP contribution in [0.25, 0.3) is 0 Å². The maximum absolute atomic E-state index is 11.5. The van der Waals surface area contributed by atoms with Crippen molar-refractivity contribution in [3.8, 4) is 0 Å². The van der Waals surface area contributed by atoms with Crippen LogP contribution in [0, 0.1) is 11.8 Å². The summed E-state index contributed by atoms with van der Waals surface area (Å²) in [5.41, 5.74) is 0. The van der Waals surface area contributed by atoms with Gasteiger partial charge in [0, 0.05) is 20.1 Å². The second-order valence-corrected chi connectivity index (χ2v) is 4.61. The molecule has 14 heavy (non-hydrogen) atoms. The van der Waals surface area contributed by atoms with Crippen LogP contribution in [0.15, 0.2) is 0 Å². The number of likely N-dealkylation sites (tertiary alicyclic amines) is 1. The lowest BCUT2D eigenvalue weighted by Crippen LogP contribution is -2.43. The fourth-order valence-electron chi connectivity index (χ4n) is 2.16. The number of rotatable bonds is 3. The molecule has 82 valence electrons. The first kappa shape index (κ1) is 11.5. The van der Waals surface area contributed by atoms with Crippen molar-refractivity contribution in [1.29, 1.82) is 0 Å². The lowest BCUT2D eigenvalue weighted by Gasteiger charge is -2.32. The van der Waals surface area contributed by atoms with E-state index in [1.165, 1.54) is 0 Å². The van der Waals surface area contributed by atoms with E-state index in [9.17, 15) is 4.79 Å². The molecule has 1 aliphatic rings. The second kappa shape index (κ2) is 5.35. The summed E-state index contributed by atoms with van der Waals surface area (Å²) in [5, 5.41) is 2.74. The van der Waals surface area contributed by atoms with Crippen LogP contribution in [0.1, 0.15) is 26.7 Å². The molecule has 1 saturated heterocycles. The van der Waals surface area contributed by atoms with Crippen molar-refractivity contribution in [2.24, 2.45) is 11.8 Å². The van der Waals surface area contributed by atoms with Crippen LogP contribution in [0.3, 0.4) is 0 Å². The zero-order valence-corrected chi connectivity index (χ0v) is 9.55. The zero-order valence-electron chi connectivity index (χ0n) is 9.55. The number of hydrogen-bond acceptors (Lipinski definition) is 2. The van der Waals surface area contributed by atoms with E-state index in [0.29, 0.717) is 5.92 Å². The van der Waals surface area contributed by atoms with Gasteiger partial charge in [-0.25, -0.2) is 0 Å². The van der Waals surface area contributed by atoms with Gasteiger partial charge in [0.15, 0.2) is 0 Å². The third kappa shape index (κ3) is 3.29. The van der Waals surface area contributed by atoms with E-state index < -0.39 is 0 Å². The Labute approximate surface area is 86.9 Å². The summed E-state index contributed by atoms with van der Waals surface area (Å²) in [6.45, 7) is 7.67. The molecule has 3 nitrogen and oxygen atoms in total. The Kier molecular flexibility index (Phi) is 4.39. The Morgan fingerprint density at radius 1 is 1.57 bits per heavy atom. The van der Waals surface area contributed by atoms with E-state index in [-0.39, 0.29) is 11.8 Å². The largest absolute Gasteiger partial charge is 0.359 e. The van der Waals surface area contributed by atoms with Crippen LogP contribution in [0.2, 0.25) is 0 Å². The molecule has 1 aliphatic heterocycles. The van der Waals surface area contributed by atoms with Gasteiger partial charge in [0.2, 0.25) is 5.91 Å². The number of piperidine rings is 1. The summed E-state index contributed by atoms with van der Waals surface area (Å²) in [4.78, 5) is 13.9. The molecular weight excluding hydrogens is 176 g/mol. The Morgan fingerprint density at radius 3 is 2.86 bits per heavy atom. The molecule has 1 amide bonds. The average molecular weight is 198 g/mol. The quantitative estimate of drug-likeness (QED) is 0.736. The van der Waals surface area contributed by atoms with Crippen LogP contribution in [-0.2, 0) is 4.79 Å². The van der Waals surface area contributed by atoms with Crippen LogP contribution in [0.4, 0.5) is 0 Å². The predicted octanol–water partition coefficient (Wildman–Crippen LogP) is 1.10. The molecular formula is C11H22N2O. The highest BCUT2D eigenvalue weighted by Crippen LogP contribution is 2.17. The van der Waals surface area contributed by atoms with Gasteiger partial charge in [0.25, 0.3) is 0 Å². The number of nitrogens with zero attached hydrogens (tertiary/aromatic N) is 1. The van der Waals surface area contributed by atoms with Crippen LogP contribution in [-0.4, -0.2) is 37.5 Å². The van der Waals surface area contributed by atoms with Crippen molar-refractivity contribution >= 4 is 5.91 Å². The maximum Gasteiger partial charge on any atom is 0.224 e. The van der Waals surface area contributed by atoms with E-state index in [1.54, 1.807) is 7.05 Å². The van der Waals surface area contributed by atoms with E-state index in [4.69, 9.17) is 0 Å². The van der Waals surface area contributed by atoms with E-state index in [0.717, 1.165) is 32.5 Å². The van der Waals surface area contributed by atoms with Crippen molar-refractivity contribution in [2.45, 2.75) is 26.7 Å². The third-order valence-corrected chi connectivity index (χ3v) is 2.75. The van der Waals surface area contributed by atoms with Gasteiger partial charge in [-0.2, -0.15) is 0 Å². The first-order valence-electron chi connectivity index (χ1n) is 5.57. The normalized spacial score (nSPS) is 23.9. The molecule has 0 aromatic rings. The van der Waals surface area contributed by atoms with Crippen molar-refractivity contribution in [1.82, 2.24) is 10.2 Å². The van der Waals surface area contributed by atoms with Crippen molar-refractivity contribution in [3.05, 3.63) is 0 Å². The monoisotopic (exact) mass is 198 g/mol. The molecule has 0 saturated carbocycles. The second-order valence-electron chi connectivity index (χ2n) is 4.61. The fraction of sp³-hybridized carbons (Fsp3) is 0.909. The molecule has 1 N–H and O–H groups in total. The number of hydrogen-bond donors (Lipinski definition) is 1. The zero-order chi connectivity index (χ0) is 10.6. The van der Waals surface area contributed by atoms with E-state index in [2.05, 4.69) is 24.1 Å². The first-order chi connectivity index (χ1) is 6.63. The summed E-state index contributed by atoms with van der Waals surface area (Å²) in [5.74, 6) is 1.12. The van der Waals surface area contributed by atoms with Crippen molar-refractivity contribution in [3.63, 3.8) is 0 Å². The first-order valence-corrected chi connectivity index (χ1v) is 5.57. The highest BCUT2D eigenvalue weighted by molar-refractivity contribution is 5.78. The Bertz CT molecular complexity index is 192. The SMILES string of the molecule is CNC(=O)[C@@H]1CCCN(CC(C)C)C1. The number of carbonyl (C=O) groups is 1. The van der Waals surface area contributed by atoms with Gasteiger partial charge in [-0.05, 0) is 25.3 Å². The summed E-state index contributed by atoms with van der Waals surface area (Å²) in [6.07, 6.45) is 2.21. The van der Waals surface area contributed by atoms with Gasteiger partial charge >= 0.3 is 0 Å². The molecule has 0 unspecified atom stereocenters. The van der Waals surface area contributed by atoms with Crippen LogP contribution in [0.5, 0.6) is 0 Å². The van der Waals surface area contributed by atoms with Gasteiger partial charge in [-0.1, -0.05) is 13.8 Å². The molecule has 1 fully saturated rings. The van der Waals surface area contributed by atoms with Gasteiger partial charge in [-0.3, -0.25) is 4.79 Å². The molecule has 1 rings (SSSR count). The molecule has 0 radical (unpaired) electrons. The lowest BCUT2D eigenvalue weighted by atomic mass is 9.96. The molecule has 0 aromatic carbocycles. The summed E-state index contributed by atoms with van der Waals surface area (Å²) < 4.78 is 0. The molecule has 0 spiro atoms. The fourth-order valence-corrected chi connectivity index (χ4v) is 2.16. The van der Waals surface area contributed by atoms with E-state index >= 15 is 0 Å². The van der Waals surface area contributed by atoms with Gasteiger partial charge < -0.3 is 10.2 Å². The molecule has 0 bridgehead atoms. The minimum atomic E-state index is 0.207. The average Bonchev–Trinajstić information content (AvgIpc) is 2.16. The molecule has 1 heterocycles. The van der Waals surface area contributed by atoms with Crippen LogP contribution >= 0.6 is 0 Å². The maximum atomic E-state index is 11.5. The molecule has 0 aromatic heterocycles. The lowest BCUT2D eigenvalue weighted by molar-refractivity contribution is -0.126. The van der Waals surface area contributed by atoms with Crippen LogP contribution < -0.4 is 5.32 Å². The minimum absolute atomic E-state index is 0.207. The number of amides is 1. The number of nitrogens with one attached hydrogen (secondary N) is 1. The smallest absolute Gasteiger partial charge is 0.224 e. The number of carbonyl (C=O) groups excluding carboxylic acids is 1.